The molecule has 0 unspecified atom stereocenters. The Morgan fingerprint density at radius 1 is 1.04 bits per heavy atom. The van der Waals surface area contributed by atoms with E-state index in [0.717, 1.165) is 36.9 Å². The average molecular weight is 332 g/mol. The SMILES string of the molecule is Cn1c(C2CC2)c(C2CC2)c(=O)n1-c1ccccc1S(C)(=O)=O. The second-order valence-corrected chi connectivity index (χ2v) is 8.71. The highest BCUT2D eigenvalue weighted by atomic mass is 32.2. The molecule has 0 amide bonds. The Morgan fingerprint density at radius 2 is 1.65 bits per heavy atom. The van der Waals surface area contributed by atoms with Crippen molar-refractivity contribution >= 4 is 9.84 Å². The summed E-state index contributed by atoms with van der Waals surface area (Å²) in [5, 5.41) is 0. The molecule has 5 nitrogen and oxygen atoms in total. The van der Waals surface area contributed by atoms with Crippen molar-refractivity contribution in [2.45, 2.75) is 42.4 Å². The van der Waals surface area contributed by atoms with Gasteiger partial charge in [0.1, 0.15) is 0 Å². The molecule has 23 heavy (non-hydrogen) atoms. The first-order valence-electron chi connectivity index (χ1n) is 8.01. The fourth-order valence-electron chi connectivity index (χ4n) is 3.46. The molecule has 1 aromatic carbocycles. The minimum Gasteiger partial charge on any atom is -0.284 e. The Balaban J connectivity index is 2.02. The molecule has 0 saturated heterocycles. The van der Waals surface area contributed by atoms with Crippen molar-refractivity contribution in [3.05, 3.63) is 45.9 Å². The molecule has 0 atom stereocenters. The minimum absolute atomic E-state index is 0.0481. The summed E-state index contributed by atoms with van der Waals surface area (Å²) in [5.41, 5.74) is 2.43. The van der Waals surface area contributed by atoms with E-state index in [4.69, 9.17) is 0 Å². The smallest absolute Gasteiger partial charge is 0.275 e. The van der Waals surface area contributed by atoms with E-state index in [9.17, 15) is 13.2 Å². The highest BCUT2D eigenvalue weighted by molar-refractivity contribution is 7.90. The second-order valence-electron chi connectivity index (χ2n) is 6.73. The zero-order chi connectivity index (χ0) is 16.4. The van der Waals surface area contributed by atoms with Crippen molar-refractivity contribution in [1.82, 2.24) is 9.36 Å². The molecule has 2 aliphatic carbocycles. The molecular formula is C17H20N2O3S. The van der Waals surface area contributed by atoms with Crippen LogP contribution >= 0.6 is 0 Å². The van der Waals surface area contributed by atoms with Crippen LogP contribution in [0, 0.1) is 0 Å². The van der Waals surface area contributed by atoms with E-state index in [-0.39, 0.29) is 10.5 Å². The van der Waals surface area contributed by atoms with Gasteiger partial charge in [-0.3, -0.25) is 9.48 Å². The van der Waals surface area contributed by atoms with Gasteiger partial charge in [-0.1, -0.05) is 12.1 Å². The zero-order valence-electron chi connectivity index (χ0n) is 13.3. The summed E-state index contributed by atoms with van der Waals surface area (Å²) in [6.45, 7) is 0. The molecule has 0 spiro atoms. The lowest BCUT2D eigenvalue weighted by Crippen LogP contribution is -2.23. The quantitative estimate of drug-likeness (QED) is 0.863. The fraction of sp³-hybridized carbons (Fsp3) is 0.471. The normalized spacial score (nSPS) is 18.3. The molecular weight excluding hydrogens is 312 g/mol. The molecule has 2 saturated carbocycles. The number of sulfone groups is 1. The maximum atomic E-state index is 13.1. The van der Waals surface area contributed by atoms with Crippen LogP contribution in [-0.2, 0) is 16.9 Å². The largest absolute Gasteiger partial charge is 0.284 e. The van der Waals surface area contributed by atoms with Crippen molar-refractivity contribution in [2.75, 3.05) is 6.26 Å². The Kier molecular flexibility index (Phi) is 3.10. The fourth-order valence-corrected chi connectivity index (χ4v) is 4.32. The van der Waals surface area contributed by atoms with E-state index in [1.54, 1.807) is 28.9 Å². The molecule has 2 aromatic rings. The second kappa shape index (κ2) is 4.84. The monoisotopic (exact) mass is 332 g/mol. The van der Waals surface area contributed by atoms with Crippen LogP contribution < -0.4 is 5.56 Å². The Labute approximate surface area is 135 Å². The van der Waals surface area contributed by atoms with Crippen LogP contribution in [0.1, 0.15) is 48.8 Å². The molecule has 4 rings (SSSR count). The third-order valence-electron chi connectivity index (χ3n) is 4.79. The van der Waals surface area contributed by atoms with Crippen molar-refractivity contribution in [3.63, 3.8) is 0 Å². The molecule has 122 valence electrons. The summed E-state index contributed by atoms with van der Waals surface area (Å²) >= 11 is 0. The van der Waals surface area contributed by atoms with E-state index in [1.807, 2.05) is 11.7 Å². The number of para-hydroxylation sites is 1. The van der Waals surface area contributed by atoms with Crippen molar-refractivity contribution in [2.24, 2.45) is 7.05 Å². The Bertz CT molecular complexity index is 945. The van der Waals surface area contributed by atoms with Crippen LogP contribution in [0.4, 0.5) is 0 Å². The first kappa shape index (κ1) is 14.8. The lowest BCUT2D eigenvalue weighted by Gasteiger charge is -2.13. The van der Waals surface area contributed by atoms with Crippen molar-refractivity contribution in [3.8, 4) is 5.69 Å². The van der Waals surface area contributed by atoms with Gasteiger partial charge in [0.25, 0.3) is 5.56 Å². The topological polar surface area (TPSA) is 61.1 Å². The molecule has 0 N–H and O–H groups in total. The summed E-state index contributed by atoms with van der Waals surface area (Å²) in [7, 11) is -1.53. The van der Waals surface area contributed by atoms with Gasteiger partial charge in [0.15, 0.2) is 9.84 Å². The van der Waals surface area contributed by atoms with Gasteiger partial charge in [-0.2, -0.15) is 0 Å². The van der Waals surface area contributed by atoms with Gasteiger partial charge >= 0.3 is 0 Å². The predicted octanol–water partition coefficient (Wildman–Crippen LogP) is 2.33. The van der Waals surface area contributed by atoms with Crippen LogP contribution in [0.25, 0.3) is 5.69 Å². The van der Waals surface area contributed by atoms with E-state index >= 15 is 0 Å². The van der Waals surface area contributed by atoms with E-state index in [1.165, 1.54) is 6.26 Å². The van der Waals surface area contributed by atoms with E-state index in [2.05, 4.69) is 0 Å². The predicted molar refractivity (Wildman–Crippen MR) is 88.1 cm³/mol. The van der Waals surface area contributed by atoms with Gasteiger partial charge in [0.2, 0.25) is 0 Å². The standard InChI is InChI=1S/C17H20N2O3S/c1-18-16(12-9-10-12)15(11-7-8-11)17(20)19(18)13-5-3-4-6-14(13)23(2,21)22/h3-6,11-12H,7-10H2,1-2H3. The summed E-state index contributed by atoms with van der Waals surface area (Å²) < 4.78 is 27.7. The molecule has 2 fully saturated rings. The van der Waals surface area contributed by atoms with Gasteiger partial charge in [-0.15, -0.1) is 0 Å². The summed E-state index contributed by atoms with van der Waals surface area (Å²) in [5.74, 6) is 0.811. The molecule has 1 aromatic heterocycles. The number of hydrogen-bond donors (Lipinski definition) is 0. The van der Waals surface area contributed by atoms with Gasteiger partial charge in [-0.05, 0) is 43.7 Å². The Morgan fingerprint density at radius 3 is 2.22 bits per heavy atom. The number of rotatable bonds is 4. The number of benzene rings is 1. The maximum Gasteiger partial charge on any atom is 0.275 e. The molecule has 1 heterocycles. The highest BCUT2D eigenvalue weighted by Gasteiger charge is 2.39. The van der Waals surface area contributed by atoms with Crippen molar-refractivity contribution in [1.29, 1.82) is 0 Å². The lowest BCUT2D eigenvalue weighted by molar-refractivity contribution is 0.590. The number of hydrogen-bond acceptors (Lipinski definition) is 3. The molecule has 6 heteroatoms. The van der Waals surface area contributed by atoms with Crippen LogP contribution in [-0.4, -0.2) is 24.0 Å². The van der Waals surface area contributed by atoms with Crippen LogP contribution in [0.3, 0.4) is 0 Å². The molecule has 0 aliphatic heterocycles. The summed E-state index contributed by atoms with van der Waals surface area (Å²) in [6, 6.07) is 6.75. The maximum absolute atomic E-state index is 13.1. The molecule has 0 bridgehead atoms. The van der Waals surface area contributed by atoms with E-state index < -0.39 is 9.84 Å². The molecule has 2 aliphatic rings. The zero-order valence-corrected chi connectivity index (χ0v) is 14.1. The Hall–Kier alpha value is -1.82. The van der Waals surface area contributed by atoms with E-state index in [0.29, 0.717) is 17.5 Å². The number of nitrogens with zero attached hydrogens (tertiary/aromatic N) is 2. The van der Waals surface area contributed by atoms with Crippen LogP contribution in [0.2, 0.25) is 0 Å². The lowest BCUT2D eigenvalue weighted by atomic mass is 10.1. The van der Waals surface area contributed by atoms with Gasteiger partial charge in [0, 0.05) is 30.5 Å². The third kappa shape index (κ3) is 2.36. The van der Waals surface area contributed by atoms with Gasteiger partial charge < -0.3 is 0 Å². The average Bonchev–Trinajstić information content (AvgIpc) is 3.37. The van der Waals surface area contributed by atoms with Crippen LogP contribution in [0.5, 0.6) is 0 Å². The van der Waals surface area contributed by atoms with Gasteiger partial charge in [-0.25, -0.2) is 13.1 Å². The number of aromatic nitrogens is 2. The van der Waals surface area contributed by atoms with Crippen molar-refractivity contribution < 1.29 is 8.42 Å². The highest BCUT2D eigenvalue weighted by Crippen LogP contribution is 2.48. The molecule has 0 radical (unpaired) electrons. The first-order valence-corrected chi connectivity index (χ1v) is 9.90. The third-order valence-corrected chi connectivity index (χ3v) is 5.93. The van der Waals surface area contributed by atoms with Crippen LogP contribution in [0.15, 0.2) is 34.0 Å². The summed E-state index contributed by atoms with van der Waals surface area (Å²) in [6.07, 6.45) is 5.54. The first-order chi connectivity index (χ1) is 10.9. The summed E-state index contributed by atoms with van der Waals surface area (Å²) in [4.78, 5) is 13.3. The van der Waals surface area contributed by atoms with Gasteiger partial charge in [0.05, 0.1) is 10.6 Å². The minimum atomic E-state index is -3.40.